The van der Waals surface area contributed by atoms with Gasteiger partial charge < -0.3 is 39.7 Å². The number of aromatic amines is 1. The molecule has 0 unspecified atom stereocenters. The summed E-state index contributed by atoms with van der Waals surface area (Å²) in [6.45, 7) is 6.79. The first-order valence-electron chi connectivity index (χ1n) is 20.0. The summed E-state index contributed by atoms with van der Waals surface area (Å²) in [5.41, 5.74) is 6.23. The third kappa shape index (κ3) is 9.74. The number of fused-ring (bicyclic) bond motifs is 3. The molecule has 3 atom stereocenters. The standard InChI is InChI=1S/C45H57N5O6/c1-6-31-11-13-39(56-30(3)52)22-38(53)23-42(35-20-37(24-46-4)45(54)43(21-35)55-5)49-27-34-8-7-9-41(40(34)28-49)50(17-15-29(2)51)44-19-32(14-16-48-44)10-12-33-25-47-26-36(33)18-31/h7-9,14,19-21,25-28,31,39,42,46-48,54H,6,10-13,15-18,22-24H2,1-5H3/t31-,39+,42+/m0/s1. The van der Waals surface area contributed by atoms with Gasteiger partial charge in [0.2, 0.25) is 0 Å². The normalized spacial score (nSPS) is 19.7. The van der Waals surface area contributed by atoms with Crippen molar-refractivity contribution in [3.63, 3.8) is 0 Å². The van der Waals surface area contributed by atoms with Crippen LogP contribution in [0.3, 0.4) is 0 Å². The molecular weight excluding hydrogens is 707 g/mol. The van der Waals surface area contributed by atoms with E-state index in [9.17, 15) is 19.5 Å². The van der Waals surface area contributed by atoms with Gasteiger partial charge in [0.25, 0.3) is 0 Å². The van der Waals surface area contributed by atoms with Crippen LogP contribution >= 0.6 is 0 Å². The van der Waals surface area contributed by atoms with Gasteiger partial charge in [-0.1, -0.05) is 31.6 Å². The van der Waals surface area contributed by atoms with E-state index in [4.69, 9.17) is 9.47 Å². The van der Waals surface area contributed by atoms with Crippen LogP contribution in [-0.4, -0.2) is 65.5 Å². The number of carbonyl (C=O) groups excluding carboxylic acids is 3. The second kappa shape index (κ2) is 18.6. The van der Waals surface area contributed by atoms with E-state index in [1.807, 2.05) is 19.2 Å². The number of allylic oxidation sites excluding steroid dienone is 2. The van der Waals surface area contributed by atoms with E-state index in [1.165, 1.54) is 30.7 Å². The number of rotatable bonds is 9. The van der Waals surface area contributed by atoms with Crippen molar-refractivity contribution in [1.29, 1.82) is 0 Å². The Balaban J connectivity index is 1.49. The van der Waals surface area contributed by atoms with Crippen molar-refractivity contribution in [2.45, 2.75) is 97.2 Å². The van der Waals surface area contributed by atoms with Gasteiger partial charge in [-0.05, 0) is 98.5 Å². The summed E-state index contributed by atoms with van der Waals surface area (Å²) in [6, 6.07) is 9.42. The Morgan fingerprint density at radius 2 is 1.86 bits per heavy atom. The summed E-state index contributed by atoms with van der Waals surface area (Å²) >= 11 is 0. The number of methoxy groups -OCH3 is 1. The first-order chi connectivity index (χ1) is 27.1. The van der Waals surface area contributed by atoms with Crippen LogP contribution in [0.5, 0.6) is 11.5 Å². The van der Waals surface area contributed by atoms with Crippen LogP contribution in [0.25, 0.3) is 10.8 Å². The number of carbonyl (C=O) groups is 3. The number of phenolic OH excluding ortho intramolecular Hbond substituents is 1. The highest BCUT2D eigenvalue weighted by Crippen LogP contribution is 2.39. The van der Waals surface area contributed by atoms with E-state index in [-0.39, 0.29) is 30.2 Å². The minimum absolute atomic E-state index is 0.0349. The minimum atomic E-state index is -0.541. The SMILES string of the molecule is CC[C@H]1CC[C@@H](OC(C)=O)CC(=O)C[C@H](c2cc(CNC)c(O)c(OC)c2)n2cc3cccc(c3c2)N(CCC(C)=O)C2=CC(=CCN2)CCc2c[nH]cc2C1. The Hall–Kier alpha value is -5.29. The number of aromatic nitrogens is 2. The summed E-state index contributed by atoms with van der Waals surface area (Å²) in [7, 11) is 3.33. The van der Waals surface area contributed by atoms with Crippen molar-refractivity contribution in [2.75, 3.05) is 32.1 Å². The van der Waals surface area contributed by atoms with Crippen molar-refractivity contribution in [3.8, 4) is 11.5 Å². The molecule has 6 rings (SSSR count). The molecule has 0 fully saturated rings. The average Bonchev–Trinajstić information content (AvgIpc) is 3.82. The Bertz CT molecular complexity index is 2090. The van der Waals surface area contributed by atoms with Gasteiger partial charge in [-0.3, -0.25) is 14.4 Å². The van der Waals surface area contributed by atoms with Gasteiger partial charge in [-0.15, -0.1) is 0 Å². The topological polar surface area (TPSA) is 138 Å². The highest BCUT2D eigenvalue weighted by Gasteiger charge is 2.27. The van der Waals surface area contributed by atoms with Gasteiger partial charge in [-0.2, -0.15) is 0 Å². The molecule has 56 heavy (non-hydrogen) atoms. The molecule has 2 aromatic heterocycles. The van der Waals surface area contributed by atoms with Crippen molar-refractivity contribution in [2.24, 2.45) is 5.92 Å². The number of anilines is 1. The van der Waals surface area contributed by atoms with Crippen LogP contribution in [0.15, 0.2) is 78.7 Å². The first-order valence-corrected chi connectivity index (χ1v) is 20.0. The molecule has 11 heteroatoms. The summed E-state index contributed by atoms with van der Waals surface area (Å²) < 4.78 is 13.5. The highest BCUT2D eigenvalue weighted by atomic mass is 16.5. The maximum atomic E-state index is 14.3. The van der Waals surface area contributed by atoms with Crippen LogP contribution in [0.1, 0.15) is 94.0 Å². The monoisotopic (exact) mass is 763 g/mol. The molecule has 0 amide bonds. The number of Topliss-reactive ketones (excluding diaryl/α,β-unsaturated/α-hetero) is 2. The molecule has 0 aliphatic carbocycles. The third-order valence-electron chi connectivity index (χ3n) is 11.2. The molecular formula is C45H57N5O6. The number of phenols is 1. The second-order valence-corrected chi connectivity index (χ2v) is 15.3. The third-order valence-corrected chi connectivity index (χ3v) is 11.2. The molecule has 4 aromatic rings. The van der Waals surface area contributed by atoms with E-state index in [1.54, 1.807) is 13.0 Å². The molecule has 298 valence electrons. The van der Waals surface area contributed by atoms with Crippen LogP contribution in [0.2, 0.25) is 0 Å². The number of dihydropyridines is 1. The minimum Gasteiger partial charge on any atom is -0.504 e. The summed E-state index contributed by atoms with van der Waals surface area (Å²) in [6.07, 6.45) is 17.9. The van der Waals surface area contributed by atoms with Crippen LogP contribution in [-0.2, 0) is 38.5 Å². The lowest BCUT2D eigenvalue weighted by Crippen LogP contribution is -2.35. The first kappa shape index (κ1) is 40.4. The quantitative estimate of drug-likeness (QED) is 0.128. The van der Waals surface area contributed by atoms with Gasteiger partial charge in [-0.25, -0.2) is 0 Å². The molecule has 2 aliphatic heterocycles. The number of benzene rings is 2. The van der Waals surface area contributed by atoms with Crippen molar-refractivity contribution >= 4 is 34.0 Å². The number of nitrogens with one attached hydrogen (secondary N) is 3. The lowest BCUT2D eigenvalue weighted by atomic mass is 9.89. The van der Waals surface area contributed by atoms with Gasteiger partial charge in [0.1, 0.15) is 23.5 Å². The number of ether oxygens (including phenoxy) is 2. The Labute approximate surface area is 330 Å². The maximum Gasteiger partial charge on any atom is 0.302 e. The molecule has 0 spiro atoms. The predicted molar refractivity (Wildman–Crippen MR) is 220 cm³/mol. The van der Waals surface area contributed by atoms with Crippen LogP contribution in [0, 0.1) is 5.92 Å². The van der Waals surface area contributed by atoms with E-state index >= 15 is 0 Å². The summed E-state index contributed by atoms with van der Waals surface area (Å²) in [5, 5.41) is 19.7. The summed E-state index contributed by atoms with van der Waals surface area (Å²) in [5.74, 6) is 1.35. The smallest absolute Gasteiger partial charge is 0.302 e. The summed E-state index contributed by atoms with van der Waals surface area (Å²) in [4.78, 5) is 44.6. The molecule has 0 radical (unpaired) electrons. The molecule has 11 nitrogen and oxygen atoms in total. The maximum absolute atomic E-state index is 14.3. The Morgan fingerprint density at radius 1 is 1.04 bits per heavy atom. The van der Waals surface area contributed by atoms with E-state index in [0.717, 1.165) is 59.9 Å². The molecule has 4 N–H and O–H groups in total. The molecule has 0 saturated heterocycles. The number of H-pyrrole nitrogens is 1. The molecule has 4 bridgehead atoms. The lowest BCUT2D eigenvalue weighted by molar-refractivity contribution is -0.148. The Morgan fingerprint density at radius 3 is 2.61 bits per heavy atom. The van der Waals surface area contributed by atoms with Crippen molar-refractivity contribution in [1.82, 2.24) is 20.2 Å². The number of esters is 1. The second-order valence-electron chi connectivity index (χ2n) is 15.3. The van der Waals surface area contributed by atoms with Crippen LogP contribution in [0.4, 0.5) is 5.69 Å². The molecule has 2 aromatic carbocycles. The predicted octanol–water partition coefficient (Wildman–Crippen LogP) is 7.43. The molecule has 4 heterocycles. The fraction of sp³-hybridized carbons (Fsp3) is 0.444. The lowest BCUT2D eigenvalue weighted by Gasteiger charge is -2.30. The van der Waals surface area contributed by atoms with Crippen molar-refractivity contribution in [3.05, 3.63) is 101 Å². The van der Waals surface area contributed by atoms with E-state index in [0.29, 0.717) is 49.7 Å². The number of aryl methyl sites for hydroxylation is 1. The number of hydrogen-bond acceptors (Lipinski definition) is 9. The number of aromatic hydroxyl groups is 1. The fourth-order valence-electron chi connectivity index (χ4n) is 8.21. The van der Waals surface area contributed by atoms with Crippen molar-refractivity contribution < 1.29 is 29.0 Å². The largest absolute Gasteiger partial charge is 0.504 e. The van der Waals surface area contributed by atoms with Gasteiger partial charge in [0.15, 0.2) is 11.5 Å². The van der Waals surface area contributed by atoms with E-state index in [2.05, 4.69) is 81.1 Å². The highest BCUT2D eigenvalue weighted by molar-refractivity contribution is 5.95. The zero-order valence-corrected chi connectivity index (χ0v) is 33.5. The number of ketones is 2. The molecule has 2 aliphatic rings. The number of nitrogens with zero attached hydrogens (tertiary/aromatic N) is 2. The average molecular weight is 764 g/mol. The fourth-order valence-corrected chi connectivity index (χ4v) is 8.21. The zero-order valence-electron chi connectivity index (χ0n) is 33.5. The molecule has 0 saturated carbocycles. The van der Waals surface area contributed by atoms with E-state index < -0.39 is 18.1 Å². The van der Waals surface area contributed by atoms with Gasteiger partial charge in [0, 0.05) is 86.9 Å². The number of hydrogen-bond donors (Lipinski definition) is 4. The Kier molecular flexibility index (Phi) is 13.4. The van der Waals surface area contributed by atoms with Crippen LogP contribution < -0.4 is 20.3 Å². The van der Waals surface area contributed by atoms with Gasteiger partial charge in [0.05, 0.1) is 18.8 Å². The zero-order chi connectivity index (χ0) is 39.8. The van der Waals surface area contributed by atoms with Gasteiger partial charge >= 0.3 is 5.97 Å².